The van der Waals surface area contributed by atoms with Crippen LogP contribution in [0.25, 0.3) is 0 Å². The van der Waals surface area contributed by atoms with Crippen LogP contribution in [0.15, 0.2) is 0 Å². The third-order valence-electron chi connectivity index (χ3n) is 11.1. The Balaban J connectivity index is 1.55. The second-order valence-electron chi connectivity index (χ2n) is 16.8. The Labute approximate surface area is 298 Å². The number of hydrogen-bond donors (Lipinski definition) is 5. The van der Waals surface area contributed by atoms with Gasteiger partial charge in [-0.2, -0.15) is 0 Å². The maximum absolute atomic E-state index is 14.5. The first-order valence-electron chi connectivity index (χ1n) is 18.6. The van der Waals surface area contributed by atoms with Crippen LogP contribution < -0.4 is 21.3 Å². The van der Waals surface area contributed by atoms with Crippen molar-refractivity contribution >= 4 is 39.4 Å². The highest BCUT2D eigenvalue weighted by molar-refractivity contribution is 7.94. The molecule has 4 fully saturated rings. The molecule has 50 heavy (non-hydrogen) atoms. The van der Waals surface area contributed by atoms with Crippen LogP contribution in [0, 0.1) is 28.9 Å². The minimum atomic E-state index is -3.94. The number of carbonyl (C=O) groups is 5. The zero-order chi connectivity index (χ0) is 37.1. The van der Waals surface area contributed by atoms with Crippen molar-refractivity contribution in [1.29, 1.82) is 0 Å². The van der Waals surface area contributed by atoms with Crippen LogP contribution in [0.1, 0.15) is 119 Å². The van der Waals surface area contributed by atoms with Crippen molar-refractivity contribution in [2.75, 3.05) is 19.7 Å². The van der Waals surface area contributed by atoms with Gasteiger partial charge in [0.25, 0.3) is 5.91 Å². The van der Waals surface area contributed by atoms with Crippen LogP contribution in [0.5, 0.6) is 0 Å². The third kappa shape index (κ3) is 9.37. The second-order valence-corrected chi connectivity index (χ2v) is 19.3. The lowest BCUT2D eigenvalue weighted by Crippen LogP contribution is -2.63. The Morgan fingerprint density at radius 3 is 2.18 bits per heavy atom. The molecule has 283 valence electrons. The Morgan fingerprint density at radius 2 is 1.60 bits per heavy atom. The average molecular weight is 723 g/mol. The van der Waals surface area contributed by atoms with Gasteiger partial charge in [-0.3, -0.25) is 19.2 Å². The van der Waals surface area contributed by atoms with Crippen molar-refractivity contribution < 1.29 is 37.5 Å². The molecule has 5 atom stereocenters. The molecule has 5 N–H and O–H groups in total. The summed E-state index contributed by atoms with van der Waals surface area (Å²) in [5, 5.41) is 21.0. The number of aliphatic hydroxyl groups excluding tert-OH is 1. The number of rotatable bonds is 15. The van der Waals surface area contributed by atoms with Crippen molar-refractivity contribution in [3.63, 3.8) is 0 Å². The first-order valence-corrected chi connectivity index (χ1v) is 20.1. The summed E-state index contributed by atoms with van der Waals surface area (Å²) < 4.78 is 25.2. The first kappa shape index (κ1) is 40.0. The number of fused-ring (bicyclic) bond motifs is 1. The van der Waals surface area contributed by atoms with E-state index in [1.165, 1.54) is 19.6 Å². The monoisotopic (exact) mass is 722 g/mol. The highest BCUT2D eigenvalue weighted by Gasteiger charge is 2.53. The van der Waals surface area contributed by atoms with Gasteiger partial charge in [0.1, 0.15) is 17.8 Å². The SMILES string of the molecule is CCCNC(=O)C(=O)[C@H](CC1CC1)NC(=O)[C@@H]1[C@H]2CCC[C@H]2CN1C(=O)[C@@H](NC(=O)NC1([CH]S(=O)(=O)C(C)(C)CO)CCCCC1)C(C)(C)C. The highest BCUT2D eigenvalue weighted by Crippen LogP contribution is 2.43. The number of ketones is 1. The molecular formula is C36H60N5O8S. The van der Waals surface area contributed by atoms with E-state index in [4.69, 9.17) is 0 Å². The largest absolute Gasteiger partial charge is 0.395 e. The van der Waals surface area contributed by atoms with Crippen molar-refractivity contribution in [3.8, 4) is 0 Å². The number of amides is 5. The van der Waals surface area contributed by atoms with E-state index < -0.39 is 79.8 Å². The number of carbonyl (C=O) groups excluding carboxylic acids is 5. The minimum Gasteiger partial charge on any atom is -0.395 e. The number of sulfone groups is 1. The molecule has 0 spiro atoms. The van der Waals surface area contributed by atoms with Crippen LogP contribution in [-0.4, -0.2) is 96.1 Å². The van der Waals surface area contributed by atoms with E-state index in [2.05, 4.69) is 21.3 Å². The Morgan fingerprint density at radius 1 is 0.940 bits per heavy atom. The summed E-state index contributed by atoms with van der Waals surface area (Å²) in [4.78, 5) is 69.8. The average Bonchev–Trinajstić information content (AvgIpc) is 3.61. The molecule has 1 aliphatic heterocycles. The molecule has 0 aromatic carbocycles. The molecule has 0 bridgehead atoms. The van der Waals surface area contributed by atoms with Gasteiger partial charge in [-0.25, -0.2) is 13.2 Å². The van der Waals surface area contributed by atoms with E-state index in [-0.39, 0.29) is 17.8 Å². The Kier molecular flexibility index (Phi) is 12.7. The van der Waals surface area contributed by atoms with Gasteiger partial charge in [0.15, 0.2) is 9.84 Å². The summed E-state index contributed by atoms with van der Waals surface area (Å²) in [6.07, 6.45) is 8.50. The lowest BCUT2D eigenvalue weighted by molar-refractivity contribution is -0.144. The van der Waals surface area contributed by atoms with Gasteiger partial charge in [-0.15, -0.1) is 0 Å². The molecule has 5 amide bonds. The number of aliphatic hydroxyl groups is 1. The quantitative estimate of drug-likeness (QED) is 0.159. The normalized spacial score (nSPS) is 24.9. The fourth-order valence-electron chi connectivity index (χ4n) is 7.74. The summed E-state index contributed by atoms with van der Waals surface area (Å²) in [5.74, 6) is -0.878. The minimum absolute atomic E-state index is 0.0924. The molecule has 1 saturated heterocycles. The summed E-state index contributed by atoms with van der Waals surface area (Å²) in [6, 6.07) is -3.60. The van der Waals surface area contributed by atoms with E-state index in [0.29, 0.717) is 51.6 Å². The van der Waals surface area contributed by atoms with Gasteiger partial charge >= 0.3 is 6.03 Å². The van der Waals surface area contributed by atoms with Crippen molar-refractivity contribution in [3.05, 3.63) is 5.75 Å². The van der Waals surface area contributed by atoms with E-state index in [1.807, 2.05) is 27.7 Å². The predicted octanol–water partition coefficient (Wildman–Crippen LogP) is 2.76. The zero-order valence-corrected chi connectivity index (χ0v) is 31.6. The summed E-state index contributed by atoms with van der Waals surface area (Å²) in [6.45, 7) is 10.3. The van der Waals surface area contributed by atoms with Gasteiger partial charge in [-0.05, 0) is 75.5 Å². The summed E-state index contributed by atoms with van der Waals surface area (Å²) >= 11 is 0. The fraction of sp³-hybridized carbons (Fsp3) is 0.833. The smallest absolute Gasteiger partial charge is 0.315 e. The molecular weight excluding hydrogens is 662 g/mol. The lowest BCUT2D eigenvalue weighted by Gasteiger charge is -2.41. The molecule has 3 aliphatic carbocycles. The fourth-order valence-corrected chi connectivity index (χ4v) is 9.12. The summed E-state index contributed by atoms with van der Waals surface area (Å²) in [7, 11) is -3.94. The van der Waals surface area contributed by atoms with Gasteiger partial charge in [-0.1, -0.05) is 66.2 Å². The van der Waals surface area contributed by atoms with Crippen LogP contribution in [0.4, 0.5) is 4.79 Å². The number of nitrogens with one attached hydrogen (secondary N) is 4. The summed E-state index contributed by atoms with van der Waals surface area (Å²) in [5.41, 5.74) is -1.97. The molecule has 0 aromatic heterocycles. The van der Waals surface area contributed by atoms with Crippen molar-refractivity contribution in [2.24, 2.45) is 23.2 Å². The van der Waals surface area contributed by atoms with Gasteiger partial charge in [0.2, 0.25) is 17.6 Å². The van der Waals surface area contributed by atoms with Crippen LogP contribution in [0.3, 0.4) is 0 Å². The van der Waals surface area contributed by atoms with Gasteiger partial charge in [0.05, 0.1) is 22.9 Å². The van der Waals surface area contributed by atoms with E-state index in [1.54, 1.807) is 4.90 Å². The van der Waals surface area contributed by atoms with Crippen molar-refractivity contribution in [2.45, 2.75) is 147 Å². The van der Waals surface area contributed by atoms with E-state index in [0.717, 1.165) is 38.5 Å². The predicted molar refractivity (Wildman–Crippen MR) is 189 cm³/mol. The van der Waals surface area contributed by atoms with Crippen molar-refractivity contribution in [1.82, 2.24) is 26.2 Å². The molecule has 3 saturated carbocycles. The zero-order valence-electron chi connectivity index (χ0n) is 30.8. The number of Topliss-reactive ketones (excluding diaryl/α,β-unsaturated/α-hetero) is 1. The Hall–Kier alpha value is -2.74. The topological polar surface area (TPSA) is 191 Å². The lowest BCUT2D eigenvalue weighted by atomic mass is 9.83. The molecule has 4 rings (SSSR count). The number of likely N-dealkylation sites (tertiary alicyclic amines) is 1. The van der Waals surface area contributed by atoms with Gasteiger partial charge in [0, 0.05) is 13.1 Å². The molecule has 1 radical (unpaired) electrons. The van der Waals surface area contributed by atoms with Gasteiger partial charge < -0.3 is 31.3 Å². The standard InChI is InChI=1S/C36H60N5O8S/c1-7-18-37-31(45)28(43)26(19-23-14-15-23)38-30(44)27-25-13-11-12-24(25)20-41(27)32(46)29(34(2,3)4)39-33(47)40-36(16-9-8-10-17-36)22-50(48,49)35(5,6)21-42/h22-27,29,42H,7-21H2,1-6H3,(H,37,45)(H,38,44)(H2,39,40,47)/t24-,25-,26-,27-,29+/m0/s1. The van der Waals surface area contributed by atoms with E-state index in [9.17, 15) is 37.5 Å². The highest BCUT2D eigenvalue weighted by atomic mass is 32.2. The molecule has 14 heteroatoms. The molecule has 4 aliphatic rings. The van der Waals surface area contributed by atoms with Crippen LogP contribution in [0.2, 0.25) is 0 Å². The molecule has 0 aromatic rings. The molecule has 0 unspecified atom stereocenters. The second kappa shape index (κ2) is 15.9. The van der Waals surface area contributed by atoms with Crippen LogP contribution >= 0.6 is 0 Å². The number of nitrogens with zero attached hydrogens (tertiary/aromatic N) is 1. The van der Waals surface area contributed by atoms with E-state index >= 15 is 0 Å². The maximum Gasteiger partial charge on any atom is 0.315 e. The first-order chi connectivity index (χ1) is 23.3. The third-order valence-corrected chi connectivity index (χ3v) is 13.6. The number of hydrogen-bond acceptors (Lipinski definition) is 8. The van der Waals surface area contributed by atoms with Crippen LogP contribution in [-0.2, 0) is 29.0 Å². The number of urea groups is 1. The molecule has 1 heterocycles. The Bertz CT molecular complexity index is 1380. The maximum atomic E-state index is 14.5. The molecule has 13 nitrogen and oxygen atoms in total.